The Morgan fingerprint density at radius 1 is 1.38 bits per heavy atom. The lowest BCUT2D eigenvalue weighted by molar-refractivity contribution is 0.350. The Hall–Kier alpha value is -2.54. The van der Waals surface area contributed by atoms with Crippen LogP contribution in [0.3, 0.4) is 0 Å². The maximum atomic E-state index is 12.7. The first kappa shape index (κ1) is 18.3. The second-order valence-electron chi connectivity index (χ2n) is 5.90. The van der Waals surface area contributed by atoms with Crippen molar-refractivity contribution in [3.8, 4) is 17.2 Å². The highest BCUT2D eigenvalue weighted by atomic mass is 32.2. The summed E-state index contributed by atoms with van der Waals surface area (Å²) in [5, 5.41) is 3.55. The smallest absolute Gasteiger partial charge is 0.183 e. The van der Waals surface area contributed by atoms with E-state index in [-0.39, 0.29) is 5.75 Å². The molecule has 26 heavy (non-hydrogen) atoms. The molecule has 0 amide bonds. The lowest BCUT2D eigenvalue weighted by Crippen LogP contribution is -2.10. The summed E-state index contributed by atoms with van der Waals surface area (Å²) in [6, 6.07) is 5.73. The van der Waals surface area contributed by atoms with Crippen molar-refractivity contribution in [2.45, 2.75) is 19.1 Å². The fourth-order valence-electron chi connectivity index (χ4n) is 2.86. The summed E-state index contributed by atoms with van der Waals surface area (Å²) >= 11 is 0. The molecule has 2 heterocycles. The number of methoxy groups -OCH3 is 2. The van der Waals surface area contributed by atoms with Gasteiger partial charge in [-0.25, -0.2) is 0 Å². The number of hydrogen-bond donors (Lipinski definition) is 1. The average Bonchev–Trinajstić information content (AvgIpc) is 3.08. The molecule has 7 heteroatoms. The molecule has 0 aliphatic carbocycles. The zero-order chi connectivity index (χ0) is 18.7. The van der Waals surface area contributed by atoms with Gasteiger partial charge in [-0.05, 0) is 18.1 Å². The molecule has 0 bridgehead atoms. The molecule has 1 aromatic heterocycles. The van der Waals surface area contributed by atoms with Gasteiger partial charge < -0.3 is 19.5 Å². The van der Waals surface area contributed by atoms with Crippen LogP contribution < -0.4 is 19.5 Å². The molecule has 0 fully saturated rings. The number of pyridine rings is 1. The number of fused-ring (bicyclic) bond motifs is 1. The van der Waals surface area contributed by atoms with E-state index in [0.29, 0.717) is 28.8 Å². The van der Waals surface area contributed by atoms with E-state index in [2.05, 4.69) is 22.9 Å². The van der Waals surface area contributed by atoms with E-state index in [0.717, 1.165) is 23.4 Å². The molecule has 1 N–H and O–H groups in total. The monoisotopic (exact) mass is 374 g/mol. The molecule has 0 saturated heterocycles. The van der Waals surface area contributed by atoms with Crippen LogP contribution in [0, 0.1) is 6.92 Å². The van der Waals surface area contributed by atoms with Crippen molar-refractivity contribution in [2.24, 2.45) is 0 Å². The maximum absolute atomic E-state index is 12.7. The summed E-state index contributed by atoms with van der Waals surface area (Å²) in [5.74, 6) is 2.08. The van der Waals surface area contributed by atoms with Gasteiger partial charge in [0, 0.05) is 30.4 Å². The largest absolute Gasteiger partial charge is 0.493 e. The molecule has 0 spiro atoms. The quantitative estimate of drug-likeness (QED) is 0.803. The molecular formula is C19H22N2O4S. The minimum absolute atomic E-state index is 0.173. The molecule has 138 valence electrons. The molecule has 2 aromatic rings. The standard InChI is InChI=1S/C19H22N2O4S/c1-12-9-14-6-8-25-18(14)10-15(12)21-13(2)26(22)11-16-19(24-4)17(23-3)5-7-20-16/h5,7,9-10,21H,2,6,8,11H2,1,3-4H3. The Balaban J connectivity index is 1.74. The third-order valence-electron chi connectivity index (χ3n) is 4.22. The van der Waals surface area contributed by atoms with Gasteiger partial charge in [-0.2, -0.15) is 0 Å². The highest BCUT2D eigenvalue weighted by Gasteiger charge is 2.18. The fourth-order valence-corrected chi connectivity index (χ4v) is 3.71. The van der Waals surface area contributed by atoms with Crippen molar-refractivity contribution in [3.63, 3.8) is 0 Å². The Labute approximate surface area is 155 Å². The number of anilines is 1. The molecular weight excluding hydrogens is 352 g/mol. The van der Waals surface area contributed by atoms with Crippen LogP contribution in [0.15, 0.2) is 36.0 Å². The number of ether oxygens (including phenoxy) is 3. The predicted molar refractivity (Wildman–Crippen MR) is 102 cm³/mol. The lowest BCUT2D eigenvalue weighted by Gasteiger charge is -2.15. The summed E-state index contributed by atoms with van der Waals surface area (Å²) in [4.78, 5) is 4.27. The van der Waals surface area contributed by atoms with Gasteiger partial charge in [0.05, 0.1) is 48.1 Å². The van der Waals surface area contributed by atoms with Crippen molar-refractivity contribution in [1.29, 1.82) is 0 Å². The van der Waals surface area contributed by atoms with Crippen LogP contribution in [0.4, 0.5) is 5.69 Å². The first-order valence-electron chi connectivity index (χ1n) is 8.20. The second-order valence-corrected chi connectivity index (χ2v) is 7.38. The Kier molecular flexibility index (Phi) is 5.46. The molecule has 1 aromatic carbocycles. The van der Waals surface area contributed by atoms with E-state index in [4.69, 9.17) is 14.2 Å². The van der Waals surface area contributed by atoms with Crippen LogP contribution in [0.25, 0.3) is 0 Å². The normalized spacial score (nSPS) is 13.5. The first-order valence-corrected chi connectivity index (χ1v) is 9.52. The minimum atomic E-state index is -1.39. The van der Waals surface area contributed by atoms with Gasteiger partial charge >= 0.3 is 0 Å². The third kappa shape index (κ3) is 3.67. The van der Waals surface area contributed by atoms with Gasteiger partial charge in [0.2, 0.25) is 0 Å². The Morgan fingerprint density at radius 3 is 2.92 bits per heavy atom. The topological polar surface area (TPSA) is 69.7 Å². The zero-order valence-corrected chi connectivity index (χ0v) is 15.9. The van der Waals surface area contributed by atoms with Gasteiger partial charge in [0.15, 0.2) is 11.5 Å². The average molecular weight is 374 g/mol. The SMILES string of the molecule is C=C(Nc1cc2c(cc1C)CCO2)S(=O)Cc1nccc(OC)c1OC. The van der Waals surface area contributed by atoms with Crippen molar-refractivity contribution in [2.75, 3.05) is 26.1 Å². The number of aryl methyl sites for hydroxylation is 1. The van der Waals surface area contributed by atoms with Gasteiger partial charge in [0.1, 0.15) is 5.75 Å². The van der Waals surface area contributed by atoms with Gasteiger partial charge in [-0.1, -0.05) is 12.6 Å². The number of rotatable bonds is 7. The first-order chi connectivity index (χ1) is 12.5. The van der Waals surface area contributed by atoms with E-state index < -0.39 is 10.8 Å². The highest BCUT2D eigenvalue weighted by Crippen LogP contribution is 2.33. The molecule has 1 aliphatic rings. The fraction of sp³-hybridized carbons (Fsp3) is 0.316. The van der Waals surface area contributed by atoms with Crippen molar-refractivity contribution in [3.05, 3.63) is 52.8 Å². The van der Waals surface area contributed by atoms with Crippen molar-refractivity contribution < 1.29 is 18.4 Å². The summed E-state index contributed by atoms with van der Waals surface area (Å²) in [5.41, 5.74) is 3.66. The van der Waals surface area contributed by atoms with Crippen LogP contribution in [0.1, 0.15) is 16.8 Å². The molecule has 6 nitrogen and oxygen atoms in total. The van der Waals surface area contributed by atoms with E-state index in [1.165, 1.54) is 12.7 Å². The van der Waals surface area contributed by atoms with Gasteiger partial charge in [-0.15, -0.1) is 0 Å². The van der Waals surface area contributed by atoms with Crippen molar-refractivity contribution >= 4 is 16.5 Å². The number of hydrogen-bond acceptors (Lipinski definition) is 6. The highest BCUT2D eigenvalue weighted by molar-refractivity contribution is 7.88. The third-order valence-corrected chi connectivity index (χ3v) is 5.41. The van der Waals surface area contributed by atoms with E-state index in [1.807, 2.05) is 13.0 Å². The number of nitrogens with zero attached hydrogens (tertiary/aromatic N) is 1. The summed E-state index contributed by atoms with van der Waals surface area (Å²) in [6.07, 6.45) is 2.52. The lowest BCUT2D eigenvalue weighted by atomic mass is 10.1. The summed E-state index contributed by atoms with van der Waals surface area (Å²) < 4.78 is 28.9. The Morgan fingerprint density at radius 2 is 2.19 bits per heavy atom. The molecule has 1 unspecified atom stereocenters. The van der Waals surface area contributed by atoms with E-state index >= 15 is 0 Å². The van der Waals surface area contributed by atoms with Gasteiger partial charge in [0.25, 0.3) is 0 Å². The summed E-state index contributed by atoms with van der Waals surface area (Å²) in [6.45, 7) is 6.63. The van der Waals surface area contributed by atoms with Crippen LogP contribution in [-0.2, 0) is 23.0 Å². The molecule has 0 saturated carbocycles. The number of nitrogens with one attached hydrogen (secondary N) is 1. The number of benzene rings is 1. The van der Waals surface area contributed by atoms with E-state index in [1.54, 1.807) is 19.4 Å². The number of aromatic nitrogens is 1. The second kappa shape index (κ2) is 7.78. The predicted octanol–water partition coefficient (Wildman–Crippen LogP) is 3.17. The molecule has 1 atom stereocenters. The van der Waals surface area contributed by atoms with Gasteiger partial charge in [-0.3, -0.25) is 9.19 Å². The van der Waals surface area contributed by atoms with Crippen molar-refractivity contribution in [1.82, 2.24) is 4.98 Å². The van der Waals surface area contributed by atoms with Crippen LogP contribution in [-0.4, -0.2) is 30.0 Å². The molecule has 3 rings (SSSR count). The Bertz CT molecular complexity index is 867. The van der Waals surface area contributed by atoms with Crippen LogP contribution in [0.2, 0.25) is 0 Å². The minimum Gasteiger partial charge on any atom is -0.493 e. The summed E-state index contributed by atoms with van der Waals surface area (Å²) in [7, 11) is 1.70. The van der Waals surface area contributed by atoms with Crippen LogP contribution >= 0.6 is 0 Å². The zero-order valence-electron chi connectivity index (χ0n) is 15.1. The molecule has 1 aliphatic heterocycles. The maximum Gasteiger partial charge on any atom is 0.183 e. The van der Waals surface area contributed by atoms with Crippen LogP contribution in [0.5, 0.6) is 17.2 Å². The van der Waals surface area contributed by atoms with E-state index in [9.17, 15) is 4.21 Å². The molecule has 0 radical (unpaired) electrons.